The molecule has 0 aliphatic carbocycles. The van der Waals surface area contributed by atoms with Crippen molar-refractivity contribution in [3.8, 4) is 5.75 Å². The van der Waals surface area contributed by atoms with E-state index in [9.17, 15) is 4.79 Å². The Bertz CT molecular complexity index is 442. The molecule has 2 N–H and O–H groups in total. The summed E-state index contributed by atoms with van der Waals surface area (Å²) in [5.41, 5.74) is 1.05. The molecule has 0 aromatic heterocycles. The molecule has 1 amide bonds. The minimum absolute atomic E-state index is 0.0144. The summed E-state index contributed by atoms with van der Waals surface area (Å²) in [6.45, 7) is 3.89. The van der Waals surface area contributed by atoms with E-state index in [1.54, 1.807) is 7.11 Å². The van der Waals surface area contributed by atoms with Crippen molar-refractivity contribution in [3.63, 3.8) is 0 Å². The summed E-state index contributed by atoms with van der Waals surface area (Å²) < 4.78 is 5.39. The number of hydrogen-bond donors (Lipinski definition) is 2. The van der Waals surface area contributed by atoms with Crippen molar-refractivity contribution >= 4 is 5.91 Å². The van der Waals surface area contributed by atoms with E-state index in [1.807, 2.05) is 24.3 Å². The van der Waals surface area contributed by atoms with E-state index in [-0.39, 0.29) is 17.9 Å². The van der Waals surface area contributed by atoms with Crippen LogP contribution >= 0.6 is 0 Å². The van der Waals surface area contributed by atoms with E-state index in [0.29, 0.717) is 0 Å². The summed E-state index contributed by atoms with van der Waals surface area (Å²) in [6, 6.07) is 7.90. The monoisotopic (exact) mass is 276 g/mol. The van der Waals surface area contributed by atoms with Crippen molar-refractivity contribution in [2.45, 2.75) is 32.2 Å². The zero-order valence-corrected chi connectivity index (χ0v) is 12.3. The second-order valence-electron chi connectivity index (χ2n) is 5.25. The van der Waals surface area contributed by atoms with Gasteiger partial charge in [0.25, 0.3) is 0 Å². The number of ether oxygens (including phenoxy) is 1. The van der Waals surface area contributed by atoms with E-state index < -0.39 is 0 Å². The lowest BCUT2D eigenvalue weighted by Gasteiger charge is -2.26. The number of carbonyl (C=O) groups excluding carboxylic acids is 1. The van der Waals surface area contributed by atoms with Gasteiger partial charge < -0.3 is 15.4 Å². The number of benzene rings is 1. The Morgan fingerprint density at radius 1 is 1.50 bits per heavy atom. The number of methoxy groups -OCH3 is 1. The van der Waals surface area contributed by atoms with Crippen LogP contribution < -0.4 is 15.4 Å². The summed E-state index contributed by atoms with van der Waals surface area (Å²) >= 11 is 0. The lowest BCUT2D eigenvalue weighted by molar-refractivity contribution is -0.126. The maximum atomic E-state index is 12.3. The highest BCUT2D eigenvalue weighted by Gasteiger charge is 2.24. The molecule has 1 aliphatic heterocycles. The normalized spacial score (nSPS) is 20.2. The van der Waals surface area contributed by atoms with Crippen molar-refractivity contribution in [1.29, 1.82) is 0 Å². The Hall–Kier alpha value is -1.55. The quantitative estimate of drug-likeness (QED) is 0.867. The van der Waals surface area contributed by atoms with Gasteiger partial charge in [-0.25, -0.2) is 0 Å². The highest BCUT2D eigenvalue weighted by atomic mass is 16.5. The van der Waals surface area contributed by atoms with Crippen LogP contribution in [0.15, 0.2) is 24.3 Å². The number of amides is 1. The maximum absolute atomic E-state index is 12.3. The second-order valence-corrected chi connectivity index (χ2v) is 5.25. The highest BCUT2D eigenvalue weighted by molar-refractivity contribution is 5.79. The number of hydrogen-bond acceptors (Lipinski definition) is 3. The number of rotatable bonds is 5. The van der Waals surface area contributed by atoms with Crippen molar-refractivity contribution in [2.24, 2.45) is 5.92 Å². The molecule has 1 saturated heterocycles. The third-order valence-electron chi connectivity index (χ3n) is 3.91. The van der Waals surface area contributed by atoms with Gasteiger partial charge in [0.05, 0.1) is 19.1 Å². The Labute approximate surface area is 120 Å². The third kappa shape index (κ3) is 3.51. The molecule has 4 heteroatoms. The largest absolute Gasteiger partial charge is 0.496 e. The standard InChI is InChI=1S/C16H24N2O2/c1-3-14(13-8-4-5-9-15(13)20-2)18-16(19)12-7-6-10-17-11-12/h4-5,8-9,12,14,17H,3,6-7,10-11H2,1-2H3,(H,18,19)/t12-,14?/m0/s1. The molecule has 0 saturated carbocycles. The number of piperidine rings is 1. The van der Waals surface area contributed by atoms with Gasteiger partial charge in [0.2, 0.25) is 5.91 Å². The molecule has 1 aliphatic rings. The van der Waals surface area contributed by atoms with Crippen LogP contribution in [0.2, 0.25) is 0 Å². The van der Waals surface area contributed by atoms with Gasteiger partial charge >= 0.3 is 0 Å². The lowest BCUT2D eigenvalue weighted by Crippen LogP contribution is -2.41. The van der Waals surface area contributed by atoms with Crippen LogP contribution in [0.25, 0.3) is 0 Å². The van der Waals surface area contributed by atoms with Crippen LogP contribution in [-0.4, -0.2) is 26.1 Å². The molecular weight excluding hydrogens is 252 g/mol. The maximum Gasteiger partial charge on any atom is 0.224 e. The van der Waals surface area contributed by atoms with E-state index in [4.69, 9.17) is 4.74 Å². The number of para-hydroxylation sites is 1. The van der Waals surface area contributed by atoms with Gasteiger partial charge in [-0.3, -0.25) is 4.79 Å². The summed E-state index contributed by atoms with van der Waals surface area (Å²) in [4.78, 5) is 12.3. The Morgan fingerprint density at radius 3 is 2.95 bits per heavy atom. The molecule has 1 aromatic rings. The molecule has 1 unspecified atom stereocenters. The Balaban J connectivity index is 2.06. The van der Waals surface area contributed by atoms with E-state index >= 15 is 0 Å². The molecule has 0 spiro atoms. The fourth-order valence-electron chi connectivity index (χ4n) is 2.72. The molecular formula is C16H24N2O2. The fourth-order valence-corrected chi connectivity index (χ4v) is 2.72. The topological polar surface area (TPSA) is 50.4 Å². The van der Waals surface area contributed by atoms with Crippen LogP contribution in [-0.2, 0) is 4.79 Å². The molecule has 2 rings (SSSR count). The first-order valence-corrected chi connectivity index (χ1v) is 7.40. The van der Waals surface area contributed by atoms with Gasteiger partial charge in [0.15, 0.2) is 0 Å². The van der Waals surface area contributed by atoms with Crippen LogP contribution in [0.3, 0.4) is 0 Å². The average molecular weight is 276 g/mol. The van der Waals surface area contributed by atoms with Gasteiger partial charge in [-0.1, -0.05) is 25.1 Å². The van der Waals surface area contributed by atoms with Gasteiger partial charge in [0, 0.05) is 12.1 Å². The van der Waals surface area contributed by atoms with Crippen LogP contribution in [0.4, 0.5) is 0 Å². The van der Waals surface area contributed by atoms with E-state index in [2.05, 4.69) is 17.6 Å². The van der Waals surface area contributed by atoms with Crippen molar-refractivity contribution in [3.05, 3.63) is 29.8 Å². The van der Waals surface area contributed by atoms with Gasteiger partial charge in [0.1, 0.15) is 5.75 Å². The minimum atomic E-state index is 0.0144. The number of carbonyl (C=O) groups is 1. The van der Waals surface area contributed by atoms with Gasteiger partial charge in [-0.05, 0) is 31.9 Å². The van der Waals surface area contributed by atoms with Crippen molar-refractivity contribution in [2.75, 3.05) is 20.2 Å². The van der Waals surface area contributed by atoms with E-state index in [0.717, 1.165) is 43.7 Å². The zero-order valence-electron chi connectivity index (χ0n) is 12.3. The molecule has 4 nitrogen and oxygen atoms in total. The molecule has 0 radical (unpaired) electrons. The Morgan fingerprint density at radius 2 is 2.30 bits per heavy atom. The SMILES string of the molecule is CCC(NC(=O)[C@H]1CCCNC1)c1ccccc1OC. The molecule has 1 aromatic carbocycles. The molecule has 1 heterocycles. The summed E-state index contributed by atoms with van der Waals surface area (Å²) in [6.07, 6.45) is 2.90. The molecule has 110 valence electrons. The predicted octanol–water partition coefficient (Wildman–Crippen LogP) is 2.26. The highest BCUT2D eigenvalue weighted by Crippen LogP contribution is 2.27. The fraction of sp³-hybridized carbons (Fsp3) is 0.562. The molecule has 2 atom stereocenters. The smallest absolute Gasteiger partial charge is 0.224 e. The molecule has 0 bridgehead atoms. The Kier molecular flexibility index (Phi) is 5.41. The average Bonchev–Trinajstić information content (AvgIpc) is 2.53. The summed E-state index contributed by atoms with van der Waals surface area (Å²) in [5.74, 6) is 1.07. The first kappa shape index (κ1) is 14.9. The summed E-state index contributed by atoms with van der Waals surface area (Å²) in [5, 5.41) is 6.45. The van der Waals surface area contributed by atoms with Crippen LogP contribution in [0.1, 0.15) is 37.8 Å². The first-order valence-electron chi connectivity index (χ1n) is 7.40. The lowest BCUT2D eigenvalue weighted by atomic mass is 9.97. The van der Waals surface area contributed by atoms with Crippen LogP contribution in [0.5, 0.6) is 5.75 Å². The first-order chi connectivity index (χ1) is 9.76. The number of nitrogens with one attached hydrogen (secondary N) is 2. The van der Waals surface area contributed by atoms with Crippen LogP contribution in [0, 0.1) is 5.92 Å². The summed E-state index contributed by atoms with van der Waals surface area (Å²) in [7, 11) is 1.67. The minimum Gasteiger partial charge on any atom is -0.496 e. The van der Waals surface area contributed by atoms with Gasteiger partial charge in [-0.15, -0.1) is 0 Å². The van der Waals surface area contributed by atoms with E-state index in [1.165, 1.54) is 0 Å². The van der Waals surface area contributed by atoms with Crippen molar-refractivity contribution < 1.29 is 9.53 Å². The third-order valence-corrected chi connectivity index (χ3v) is 3.91. The molecule has 20 heavy (non-hydrogen) atoms. The van der Waals surface area contributed by atoms with Crippen molar-refractivity contribution in [1.82, 2.24) is 10.6 Å². The van der Waals surface area contributed by atoms with Gasteiger partial charge in [-0.2, -0.15) is 0 Å². The zero-order chi connectivity index (χ0) is 14.4. The molecule has 1 fully saturated rings. The predicted molar refractivity (Wildman–Crippen MR) is 79.8 cm³/mol. The second kappa shape index (κ2) is 7.29.